The Balaban J connectivity index is 1.55. The standard InChI is InChI=1S/C19H24N2O3/c1-14(17-9-6-11-23-17)21(2)19(22)20-13-16-10-12-24-18(16)15-7-4-3-5-8-15/h3-9,11,14,16,18H,10,12-13H2,1-2H3,(H,20,22). The Hall–Kier alpha value is -2.27. The molecular weight excluding hydrogens is 304 g/mol. The smallest absolute Gasteiger partial charge is 0.317 e. The zero-order valence-corrected chi connectivity index (χ0v) is 14.1. The Bertz CT molecular complexity index is 642. The summed E-state index contributed by atoms with van der Waals surface area (Å²) in [5.74, 6) is 1.07. The number of hydrogen-bond acceptors (Lipinski definition) is 3. The number of carbonyl (C=O) groups excluding carboxylic acids is 1. The maximum Gasteiger partial charge on any atom is 0.317 e. The van der Waals surface area contributed by atoms with Crippen LogP contribution in [0.1, 0.15) is 36.8 Å². The molecule has 2 aromatic rings. The molecule has 0 saturated carbocycles. The van der Waals surface area contributed by atoms with E-state index in [1.165, 1.54) is 5.56 Å². The molecule has 1 N–H and O–H groups in total. The van der Waals surface area contributed by atoms with Crippen molar-refractivity contribution in [2.45, 2.75) is 25.5 Å². The van der Waals surface area contributed by atoms with Crippen molar-refractivity contribution in [2.75, 3.05) is 20.2 Å². The zero-order valence-electron chi connectivity index (χ0n) is 14.1. The van der Waals surface area contributed by atoms with Gasteiger partial charge in [0.25, 0.3) is 0 Å². The van der Waals surface area contributed by atoms with E-state index in [-0.39, 0.29) is 18.2 Å². The normalized spacial score (nSPS) is 21.4. The van der Waals surface area contributed by atoms with Crippen molar-refractivity contribution in [3.05, 3.63) is 60.1 Å². The molecule has 24 heavy (non-hydrogen) atoms. The SMILES string of the molecule is CC(c1ccco1)N(C)C(=O)NCC1CCOC1c1ccccc1. The molecule has 1 fully saturated rings. The Labute approximate surface area is 142 Å². The minimum Gasteiger partial charge on any atom is -0.467 e. The van der Waals surface area contributed by atoms with Crippen molar-refractivity contribution < 1.29 is 13.9 Å². The second-order valence-corrected chi connectivity index (χ2v) is 6.24. The molecular formula is C19H24N2O3. The van der Waals surface area contributed by atoms with Gasteiger partial charge in [-0.1, -0.05) is 30.3 Å². The Morgan fingerprint density at radius 1 is 1.29 bits per heavy atom. The van der Waals surface area contributed by atoms with Crippen LogP contribution in [0.5, 0.6) is 0 Å². The predicted molar refractivity (Wildman–Crippen MR) is 91.5 cm³/mol. The highest BCUT2D eigenvalue weighted by Gasteiger charge is 2.30. The van der Waals surface area contributed by atoms with Crippen molar-refractivity contribution in [3.8, 4) is 0 Å². The van der Waals surface area contributed by atoms with Gasteiger partial charge in [0.1, 0.15) is 5.76 Å². The third kappa shape index (κ3) is 3.62. The van der Waals surface area contributed by atoms with Crippen molar-refractivity contribution in [3.63, 3.8) is 0 Å². The second kappa shape index (κ2) is 7.53. The maximum absolute atomic E-state index is 12.4. The van der Waals surface area contributed by atoms with Gasteiger partial charge in [0.15, 0.2) is 0 Å². The number of hydrogen-bond donors (Lipinski definition) is 1. The Morgan fingerprint density at radius 2 is 2.08 bits per heavy atom. The second-order valence-electron chi connectivity index (χ2n) is 6.24. The van der Waals surface area contributed by atoms with E-state index in [0.717, 1.165) is 18.8 Å². The Kier molecular flexibility index (Phi) is 5.20. The summed E-state index contributed by atoms with van der Waals surface area (Å²) in [6, 6.07) is 13.7. The minimum atomic E-state index is -0.107. The molecule has 1 aliphatic heterocycles. The molecule has 2 amide bonds. The number of rotatable bonds is 5. The molecule has 3 rings (SSSR count). The number of amides is 2. The van der Waals surface area contributed by atoms with Crippen molar-refractivity contribution in [2.24, 2.45) is 5.92 Å². The molecule has 1 aromatic heterocycles. The first-order chi connectivity index (χ1) is 11.7. The van der Waals surface area contributed by atoms with Crippen LogP contribution in [0.25, 0.3) is 0 Å². The molecule has 3 atom stereocenters. The van der Waals surface area contributed by atoms with Crippen molar-refractivity contribution >= 4 is 6.03 Å². The topological polar surface area (TPSA) is 54.7 Å². The fourth-order valence-electron chi connectivity index (χ4n) is 3.09. The predicted octanol–water partition coefficient (Wildman–Crippen LogP) is 3.76. The van der Waals surface area contributed by atoms with Gasteiger partial charge in [0, 0.05) is 26.1 Å². The van der Waals surface area contributed by atoms with Gasteiger partial charge in [-0.3, -0.25) is 0 Å². The maximum atomic E-state index is 12.4. The molecule has 0 spiro atoms. The zero-order chi connectivity index (χ0) is 16.9. The number of benzene rings is 1. The monoisotopic (exact) mass is 328 g/mol. The molecule has 0 bridgehead atoms. The molecule has 1 saturated heterocycles. The summed E-state index contributed by atoms with van der Waals surface area (Å²) in [5.41, 5.74) is 1.17. The van der Waals surface area contributed by atoms with Crippen LogP contribution in [-0.2, 0) is 4.74 Å². The van der Waals surface area contributed by atoms with Crippen LogP contribution in [-0.4, -0.2) is 31.1 Å². The number of urea groups is 1. The molecule has 1 aliphatic rings. The summed E-state index contributed by atoms with van der Waals surface area (Å²) >= 11 is 0. The molecule has 0 aliphatic carbocycles. The van der Waals surface area contributed by atoms with Gasteiger partial charge in [0.05, 0.1) is 18.4 Å². The first-order valence-electron chi connectivity index (χ1n) is 8.37. The van der Waals surface area contributed by atoms with Gasteiger partial charge in [0.2, 0.25) is 0 Å². The number of nitrogens with one attached hydrogen (secondary N) is 1. The van der Waals surface area contributed by atoms with Gasteiger partial charge in [-0.2, -0.15) is 0 Å². The molecule has 5 heteroatoms. The Morgan fingerprint density at radius 3 is 2.79 bits per heavy atom. The van der Waals surface area contributed by atoms with Crippen LogP contribution in [0, 0.1) is 5.92 Å². The summed E-state index contributed by atoms with van der Waals surface area (Å²) in [6.07, 6.45) is 2.63. The third-order valence-corrected chi connectivity index (χ3v) is 4.71. The number of carbonyl (C=O) groups is 1. The quantitative estimate of drug-likeness (QED) is 0.909. The molecule has 3 unspecified atom stereocenters. The van der Waals surface area contributed by atoms with Gasteiger partial charge < -0.3 is 19.4 Å². The van der Waals surface area contributed by atoms with Gasteiger partial charge in [-0.25, -0.2) is 4.79 Å². The molecule has 2 heterocycles. The van der Waals surface area contributed by atoms with E-state index < -0.39 is 0 Å². The lowest BCUT2D eigenvalue weighted by Gasteiger charge is -2.25. The third-order valence-electron chi connectivity index (χ3n) is 4.71. The van der Waals surface area contributed by atoms with E-state index >= 15 is 0 Å². The molecule has 128 valence electrons. The highest BCUT2D eigenvalue weighted by Crippen LogP contribution is 2.34. The number of ether oxygens (including phenoxy) is 1. The van der Waals surface area contributed by atoms with E-state index in [4.69, 9.17) is 9.15 Å². The lowest BCUT2D eigenvalue weighted by molar-refractivity contribution is 0.0903. The van der Waals surface area contributed by atoms with Gasteiger partial charge in [-0.05, 0) is 31.0 Å². The summed E-state index contributed by atoms with van der Waals surface area (Å²) in [5, 5.41) is 3.03. The summed E-state index contributed by atoms with van der Waals surface area (Å²) in [7, 11) is 1.78. The summed E-state index contributed by atoms with van der Waals surface area (Å²) in [4.78, 5) is 14.1. The van der Waals surface area contributed by atoms with Crippen molar-refractivity contribution in [1.29, 1.82) is 0 Å². The largest absolute Gasteiger partial charge is 0.467 e. The average molecular weight is 328 g/mol. The molecule has 5 nitrogen and oxygen atoms in total. The van der Waals surface area contributed by atoms with Crippen LogP contribution in [0.15, 0.2) is 53.1 Å². The lowest BCUT2D eigenvalue weighted by atomic mass is 9.95. The summed E-state index contributed by atoms with van der Waals surface area (Å²) in [6.45, 7) is 3.29. The highest BCUT2D eigenvalue weighted by atomic mass is 16.5. The van der Waals surface area contributed by atoms with Gasteiger partial charge >= 0.3 is 6.03 Å². The minimum absolute atomic E-state index is 0.0549. The number of furan rings is 1. The van der Waals surface area contributed by atoms with Crippen LogP contribution < -0.4 is 5.32 Å². The molecule has 0 radical (unpaired) electrons. The molecule has 1 aromatic carbocycles. The van der Waals surface area contributed by atoms with Crippen LogP contribution >= 0.6 is 0 Å². The first kappa shape index (κ1) is 16.6. The van der Waals surface area contributed by atoms with Gasteiger partial charge in [-0.15, -0.1) is 0 Å². The van der Waals surface area contributed by atoms with E-state index in [9.17, 15) is 4.79 Å². The van der Waals surface area contributed by atoms with E-state index in [1.807, 2.05) is 37.3 Å². The number of nitrogens with zero attached hydrogens (tertiary/aromatic N) is 1. The fourth-order valence-corrected chi connectivity index (χ4v) is 3.09. The van der Waals surface area contributed by atoms with Crippen molar-refractivity contribution in [1.82, 2.24) is 10.2 Å². The summed E-state index contributed by atoms with van der Waals surface area (Å²) < 4.78 is 11.2. The van der Waals surface area contributed by atoms with E-state index in [0.29, 0.717) is 12.5 Å². The van der Waals surface area contributed by atoms with Crippen LogP contribution in [0.2, 0.25) is 0 Å². The fraction of sp³-hybridized carbons (Fsp3) is 0.421. The van der Waals surface area contributed by atoms with Crippen LogP contribution in [0.3, 0.4) is 0 Å². The van der Waals surface area contributed by atoms with Crippen LogP contribution in [0.4, 0.5) is 4.79 Å². The first-order valence-corrected chi connectivity index (χ1v) is 8.37. The average Bonchev–Trinajstić information content (AvgIpc) is 3.30. The van der Waals surface area contributed by atoms with E-state index in [2.05, 4.69) is 17.4 Å². The lowest BCUT2D eigenvalue weighted by Crippen LogP contribution is -2.41. The highest BCUT2D eigenvalue weighted by molar-refractivity contribution is 5.74. The van der Waals surface area contributed by atoms with E-state index in [1.54, 1.807) is 18.2 Å².